The Labute approximate surface area is 137 Å². The smallest absolute Gasteiger partial charge is 0.259 e. The molecule has 1 aromatic rings. The van der Waals surface area contributed by atoms with Crippen LogP contribution in [0.5, 0.6) is 0 Å². The molecule has 0 spiro atoms. The van der Waals surface area contributed by atoms with Crippen molar-refractivity contribution in [3.05, 3.63) is 35.9 Å². The minimum Gasteiger partial charge on any atom is -0.375 e. The van der Waals surface area contributed by atoms with Crippen molar-refractivity contribution in [1.82, 2.24) is 4.90 Å². The van der Waals surface area contributed by atoms with Crippen molar-refractivity contribution >= 4 is 5.91 Å². The summed E-state index contributed by atoms with van der Waals surface area (Å²) in [6.07, 6.45) is 4.08. The van der Waals surface area contributed by atoms with Gasteiger partial charge in [-0.25, -0.2) is 0 Å². The summed E-state index contributed by atoms with van der Waals surface area (Å²) >= 11 is 0. The lowest BCUT2D eigenvalue weighted by molar-refractivity contribution is -0.159. The van der Waals surface area contributed by atoms with E-state index >= 15 is 0 Å². The Morgan fingerprint density at radius 2 is 1.78 bits per heavy atom. The van der Waals surface area contributed by atoms with E-state index in [1.807, 2.05) is 35.2 Å². The summed E-state index contributed by atoms with van der Waals surface area (Å²) in [5.74, 6) is 1.67. The van der Waals surface area contributed by atoms with E-state index in [0.717, 1.165) is 50.9 Å². The van der Waals surface area contributed by atoms with Gasteiger partial charge in [-0.15, -0.1) is 0 Å². The quantitative estimate of drug-likeness (QED) is 0.889. The number of hydrogen-bond donors (Lipinski definition) is 2. The molecule has 23 heavy (non-hydrogen) atoms. The Morgan fingerprint density at radius 1 is 1.17 bits per heavy atom. The van der Waals surface area contributed by atoms with Gasteiger partial charge in [0.25, 0.3) is 5.91 Å². The largest absolute Gasteiger partial charge is 0.375 e. The maximum atomic E-state index is 13.3. The second-order valence-corrected chi connectivity index (χ2v) is 7.55. The first kappa shape index (κ1) is 15.2. The molecule has 124 valence electrons. The molecule has 1 amide bonds. The normalized spacial score (nSPS) is 32.6. The standard InChI is InChI=1S/C19H26N2O2/c20-10-15-16-11-21(12-17(15)16)18(22)19(23,14-8-4-5-9-14)13-6-2-1-3-7-13/h1-3,6-7,14-17,23H,4-5,8-12,20H2. The molecule has 3 aliphatic rings. The molecular formula is C19H26N2O2. The summed E-state index contributed by atoms with van der Waals surface area (Å²) < 4.78 is 0. The maximum Gasteiger partial charge on any atom is 0.259 e. The minimum absolute atomic E-state index is 0.0413. The molecule has 0 bridgehead atoms. The molecule has 4 heteroatoms. The zero-order chi connectivity index (χ0) is 16.0. The number of carbonyl (C=O) groups excluding carboxylic acids is 1. The fourth-order valence-electron chi connectivity index (χ4n) is 4.98. The summed E-state index contributed by atoms with van der Waals surface area (Å²) in [5.41, 5.74) is 5.17. The number of nitrogens with two attached hydrogens (primary N) is 1. The predicted octanol–water partition coefficient (Wildman–Crippen LogP) is 1.73. The molecule has 1 aromatic carbocycles. The lowest BCUT2D eigenvalue weighted by Gasteiger charge is -2.37. The molecule has 1 aliphatic heterocycles. The molecule has 3 N–H and O–H groups in total. The molecule has 0 radical (unpaired) electrons. The average molecular weight is 314 g/mol. The third-order valence-corrected chi connectivity index (χ3v) is 6.42. The third-order valence-electron chi connectivity index (χ3n) is 6.42. The average Bonchev–Trinajstić information content (AvgIpc) is 3.02. The van der Waals surface area contributed by atoms with Crippen LogP contribution in [0.1, 0.15) is 31.2 Å². The number of likely N-dealkylation sites (tertiary alicyclic amines) is 1. The number of nitrogens with zero attached hydrogens (tertiary/aromatic N) is 1. The molecule has 3 unspecified atom stereocenters. The van der Waals surface area contributed by atoms with Gasteiger partial charge in [0, 0.05) is 19.0 Å². The van der Waals surface area contributed by atoms with Crippen molar-refractivity contribution in [3.63, 3.8) is 0 Å². The van der Waals surface area contributed by atoms with E-state index in [1.165, 1.54) is 0 Å². The van der Waals surface area contributed by atoms with Gasteiger partial charge in [0.2, 0.25) is 0 Å². The third kappa shape index (κ3) is 2.31. The fraction of sp³-hybridized carbons (Fsp3) is 0.632. The van der Waals surface area contributed by atoms with Crippen molar-refractivity contribution in [3.8, 4) is 0 Å². The van der Waals surface area contributed by atoms with Crippen LogP contribution in [0.25, 0.3) is 0 Å². The lowest BCUT2D eigenvalue weighted by atomic mass is 9.79. The Hall–Kier alpha value is -1.39. The van der Waals surface area contributed by atoms with Crippen LogP contribution in [0.15, 0.2) is 30.3 Å². The SMILES string of the molecule is NCC1C2CN(C(=O)C(O)(c3ccccc3)C3CCCC3)CC12. The maximum absolute atomic E-state index is 13.3. The molecule has 3 fully saturated rings. The highest BCUT2D eigenvalue weighted by Crippen LogP contribution is 2.52. The summed E-state index contributed by atoms with van der Waals surface area (Å²) in [4.78, 5) is 15.2. The number of piperidine rings is 1. The first-order valence-electron chi connectivity index (χ1n) is 8.93. The number of fused-ring (bicyclic) bond motifs is 1. The first-order valence-corrected chi connectivity index (χ1v) is 8.93. The number of carbonyl (C=O) groups is 1. The highest BCUT2D eigenvalue weighted by Gasteiger charge is 2.58. The van der Waals surface area contributed by atoms with Crippen LogP contribution in [0.4, 0.5) is 0 Å². The minimum atomic E-state index is -1.35. The van der Waals surface area contributed by atoms with E-state index in [-0.39, 0.29) is 11.8 Å². The summed E-state index contributed by atoms with van der Waals surface area (Å²) in [7, 11) is 0. The highest BCUT2D eigenvalue weighted by molar-refractivity contribution is 5.87. The molecule has 2 aliphatic carbocycles. The van der Waals surface area contributed by atoms with E-state index in [4.69, 9.17) is 5.73 Å². The summed E-state index contributed by atoms with van der Waals surface area (Å²) in [6.45, 7) is 2.27. The van der Waals surface area contributed by atoms with E-state index in [0.29, 0.717) is 17.8 Å². The highest BCUT2D eigenvalue weighted by atomic mass is 16.3. The Bertz CT molecular complexity index is 572. The zero-order valence-electron chi connectivity index (χ0n) is 13.5. The zero-order valence-corrected chi connectivity index (χ0v) is 13.5. The van der Waals surface area contributed by atoms with Crippen LogP contribution in [-0.4, -0.2) is 35.5 Å². The summed E-state index contributed by atoms with van der Waals surface area (Å²) in [6, 6.07) is 9.55. The van der Waals surface area contributed by atoms with Gasteiger partial charge in [-0.3, -0.25) is 4.79 Å². The van der Waals surface area contributed by atoms with Crippen molar-refractivity contribution in [2.75, 3.05) is 19.6 Å². The van der Waals surface area contributed by atoms with Gasteiger partial charge >= 0.3 is 0 Å². The number of aliphatic hydroxyl groups is 1. The predicted molar refractivity (Wildman–Crippen MR) is 88.4 cm³/mol. The Kier molecular flexibility index (Phi) is 3.69. The molecule has 4 rings (SSSR count). The van der Waals surface area contributed by atoms with Crippen LogP contribution >= 0.6 is 0 Å². The van der Waals surface area contributed by atoms with Gasteiger partial charge < -0.3 is 15.7 Å². The Morgan fingerprint density at radius 3 is 2.35 bits per heavy atom. The molecule has 0 aromatic heterocycles. The topological polar surface area (TPSA) is 66.6 Å². The van der Waals surface area contributed by atoms with Crippen LogP contribution in [0.3, 0.4) is 0 Å². The van der Waals surface area contributed by atoms with Gasteiger partial charge in [0.05, 0.1) is 0 Å². The van der Waals surface area contributed by atoms with Crippen molar-refractivity contribution < 1.29 is 9.90 Å². The second kappa shape index (κ2) is 5.60. The molecule has 2 saturated carbocycles. The lowest BCUT2D eigenvalue weighted by Crippen LogP contribution is -2.51. The Balaban J connectivity index is 1.60. The van der Waals surface area contributed by atoms with Crippen molar-refractivity contribution in [2.24, 2.45) is 29.4 Å². The van der Waals surface area contributed by atoms with Gasteiger partial charge in [-0.1, -0.05) is 43.2 Å². The fourth-order valence-corrected chi connectivity index (χ4v) is 4.98. The van der Waals surface area contributed by atoms with E-state index in [2.05, 4.69) is 0 Å². The number of rotatable bonds is 4. The van der Waals surface area contributed by atoms with Gasteiger partial charge in [-0.05, 0) is 42.7 Å². The van der Waals surface area contributed by atoms with Crippen LogP contribution in [0.2, 0.25) is 0 Å². The molecule has 1 heterocycles. The summed E-state index contributed by atoms with van der Waals surface area (Å²) in [5, 5.41) is 11.5. The van der Waals surface area contributed by atoms with Crippen LogP contribution in [0, 0.1) is 23.7 Å². The van der Waals surface area contributed by atoms with E-state index in [1.54, 1.807) is 0 Å². The second-order valence-electron chi connectivity index (χ2n) is 7.55. The van der Waals surface area contributed by atoms with Crippen molar-refractivity contribution in [2.45, 2.75) is 31.3 Å². The van der Waals surface area contributed by atoms with Crippen LogP contribution < -0.4 is 5.73 Å². The van der Waals surface area contributed by atoms with Crippen LogP contribution in [-0.2, 0) is 10.4 Å². The number of hydrogen-bond acceptors (Lipinski definition) is 3. The first-order chi connectivity index (χ1) is 11.2. The number of benzene rings is 1. The van der Waals surface area contributed by atoms with Gasteiger partial charge in [0.15, 0.2) is 5.60 Å². The van der Waals surface area contributed by atoms with E-state index in [9.17, 15) is 9.90 Å². The van der Waals surface area contributed by atoms with Gasteiger partial charge in [-0.2, -0.15) is 0 Å². The number of amides is 1. The molecule has 1 saturated heterocycles. The molecular weight excluding hydrogens is 288 g/mol. The van der Waals surface area contributed by atoms with Crippen molar-refractivity contribution in [1.29, 1.82) is 0 Å². The molecule has 4 nitrogen and oxygen atoms in total. The van der Waals surface area contributed by atoms with Gasteiger partial charge in [0.1, 0.15) is 0 Å². The van der Waals surface area contributed by atoms with E-state index < -0.39 is 5.60 Å². The monoisotopic (exact) mass is 314 g/mol. The molecule has 3 atom stereocenters.